The number of aliphatic hydroxyl groups excluding tert-OH is 4. The Hall–Kier alpha value is -3.13. The lowest BCUT2D eigenvalue weighted by molar-refractivity contribution is -0.671. The first kappa shape index (κ1) is 27.5. The molecule has 1 fully saturated rings. The molecule has 0 unspecified atom stereocenters. The molecule has 0 amide bonds. The molecule has 0 aliphatic carbocycles. The van der Waals surface area contributed by atoms with E-state index in [1.54, 1.807) is 30.0 Å². The number of nitrogens with zero attached hydrogens (tertiary/aromatic N) is 1. The van der Waals surface area contributed by atoms with Gasteiger partial charge in [-0.1, -0.05) is 18.2 Å². The molecule has 12 heteroatoms. The minimum atomic E-state index is -1.66. The van der Waals surface area contributed by atoms with Crippen molar-refractivity contribution in [3.8, 4) is 0 Å². The predicted molar refractivity (Wildman–Crippen MR) is 121 cm³/mol. The second kappa shape index (κ2) is 11.7. The fraction of sp³-hybridized carbons (Fsp3) is 0.458. The van der Waals surface area contributed by atoms with Crippen molar-refractivity contribution < 1.29 is 58.6 Å². The number of aryl methyl sites for hydroxylation is 1. The smallest absolute Gasteiger partial charge is 0.341 e. The molecule has 8 atom stereocenters. The van der Waals surface area contributed by atoms with Gasteiger partial charge in [0.2, 0.25) is 6.29 Å². The molecule has 196 valence electrons. The van der Waals surface area contributed by atoms with Gasteiger partial charge in [-0.05, 0) is 6.07 Å². The molecule has 1 saturated heterocycles. The number of carboxylic acid groups (broad SMARTS) is 1. The van der Waals surface area contributed by atoms with Crippen molar-refractivity contribution >= 4 is 18.0 Å². The van der Waals surface area contributed by atoms with Crippen LogP contribution in [-0.4, -0.2) is 88.2 Å². The van der Waals surface area contributed by atoms with E-state index in [4.69, 9.17) is 18.9 Å². The number of hydrogen-bond donors (Lipinski definition) is 5. The first-order valence-corrected chi connectivity index (χ1v) is 11.1. The molecule has 0 saturated carbocycles. The number of esters is 1. The Morgan fingerprint density at radius 3 is 2.50 bits per heavy atom. The van der Waals surface area contributed by atoms with Gasteiger partial charge in [0.1, 0.15) is 37.0 Å². The summed E-state index contributed by atoms with van der Waals surface area (Å²) in [5.74, 6) is -3.21. The van der Waals surface area contributed by atoms with Gasteiger partial charge < -0.3 is 44.5 Å². The van der Waals surface area contributed by atoms with E-state index in [-0.39, 0.29) is 11.1 Å². The number of rotatable bonds is 8. The molecule has 3 rings (SSSR count). The Kier molecular flexibility index (Phi) is 8.95. The summed E-state index contributed by atoms with van der Waals surface area (Å²) in [4.78, 5) is 23.8. The number of carbonyl (C=O) groups excluding carboxylic acids is 1. The van der Waals surface area contributed by atoms with E-state index in [0.29, 0.717) is 5.56 Å². The van der Waals surface area contributed by atoms with Crippen LogP contribution >= 0.6 is 0 Å². The third kappa shape index (κ3) is 5.81. The van der Waals surface area contributed by atoms with E-state index >= 15 is 0 Å². The fourth-order valence-electron chi connectivity index (χ4n) is 4.08. The summed E-state index contributed by atoms with van der Waals surface area (Å²) < 4.78 is 23.2. The Bertz CT molecular complexity index is 1040. The van der Waals surface area contributed by atoms with E-state index in [9.17, 15) is 35.1 Å². The highest BCUT2D eigenvalue weighted by Gasteiger charge is 2.47. The topological polar surface area (TPSA) is 176 Å². The fourth-order valence-corrected chi connectivity index (χ4v) is 4.08. The summed E-state index contributed by atoms with van der Waals surface area (Å²) in [6.07, 6.45) is 0.334. The van der Waals surface area contributed by atoms with Gasteiger partial charge >= 0.3 is 11.9 Å². The minimum absolute atomic E-state index is 0.0689. The van der Waals surface area contributed by atoms with Crippen LogP contribution in [-0.2, 0) is 30.8 Å². The number of aromatic nitrogens is 1. The zero-order valence-corrected chi connectivity index (χ0v) is 19.7. The Balaban J connectivity index is 1.91. The number of carbonyl (C=O) groups is 2. The highest BCUT2D eigenvalue weighted by atomic mass is 16.8. The molecule has 12 nitrogen and oxygen atoms in total. The molecule has 1 aromatic heterocycles. The van der Waals surface area contributed by atoms with E-state index < -0.39 is 67.4 Å². The summed E-state index contributed by atoms with van der Waals surface area (Å²) in [5.41, 5.74) is 0.743. The largest absolute Gasteiger partial charge is 0.477 e. The molecule has 1 aromatic rings. The molecule has 2 aliphatic heterocycles. The van der Waals surface area contributed by atoms with Crippen LogP contribution in [0.25, 0.3) is 6.08 Å². The lowest BCUT2D eigenvalue weighted by Crippen LogP contribution is -2.60. The average molecular weight is 509 g/mol. The maximum Gasteiger partial charge on any atom is 0.341 e. The van der Waals surface area contributed by atoms with Crippen molar-refractivity contribution in [1.29, 1.82) is 0 Å². The molecule has 0 radical (unpaired) electrons. The van der Waals surface area contributed by atoms with Gasteiger partial charge in [0, 0.05) is 11.5 Å². The van der Waals surface area contributed by atoms with Gasteiger partial charge in [0.25, 0.3) is 0 Å². The molecule has 36 heavy (non-hydrogen) atoms. The standard InChI is InChI=1S/C24H29NO11/c1-4-14-15(6-5-12-7-13(21(30)31)9-25(2)8-12)16(22(32)33-3)11-34-23(14)36-24-20(29)19(28)18(27)17(10-26)35-24/h4-9,11,14-15,17-20,23-24,26-29H,1,10H2,2-3H3/p+1/b6-5+/t14-,15+,17-,18-,19+,20-,23+,24+/m1/s1. The van der Waals surface area contributed by atoms with Gasteiger partial charge in [-0.25, -0.2) is 14.2 Å². The number of carboxylic acids is 1. The Labute approximate surface area is 206 Å². The van der Waals surface area contributed by atoms with Crippen molar-refractivity contribution in [1.82, 2.24) is 0 Å². The van der Waals surface area contributed by atoms with Crippen LogP contribution in [0.2, 0.25) is 0 Å². The van der Waals surface area contributed by atoms with Crippen molar-refractivity contribution in [2.24, 2.45) is 18.9 Å². The number of ether oxygens (including phenoxy) is 4. The lowest BCUT2D eigenvalue weighted by atomic mass is 9.83. The molecule has 0 bridgehead atoms. The third-order valence-corrected chi connectivity index (χ3v) is 5.99. The predicted octanol–water partition coefficient (Wildman–Crippen LogP) is -1.13. The minimum Gasteiger partial charge on any atom is -0.477 e. The molecule has 5 N–H and O–H groups in total. The molecule has 2 aliphatic rings. The van der Waals surface area contributed by atoms with E-state index in [1.165, 1.54) is 25.4 Å². The van der Waals surface area contributed by atoms with Crippen LogP contribution in [0.1, 0.15) is 15.9 Å². The normalized spacial score (nSPS) is 32.4. The van der Waals surface area contributed by atoms with Gasteiger partial charge in [-0.15, -0.1) is 6.58 Å². The second-order valence-corrected chi connectivity index (χ2v) is 8.43. The summed E-state index contributed by atoms with van der Waals surface area (Å²) >= 11 is 0. The molecule has 0 aromatic carbocycles. The quantitative estimate of drug-likeness (QED) is 0.163. The molecular weight excluding hydrogens is 478 g/mol. The van der Waals surface area contributed by atoms with E-state index in [1.807, 2.05) is 0 Å². The SMILES string of the molecule is C=C[C@H]1[C@H](O[C@@H]2O[C@H](CO)[C@@H](O)[C@H](O)[C@H]2O)OC=C(C(=O)OC)[C@H]1/C=C/c1cc(C(=O)O)c[n+](C)c1. The summed E-state index contributed by atoms with van der Waals surface area (Å²) in [6, 6.07) is 1.46. The zero-order chi connectivity index (χ0) is 26.6. The van der Waals surface area contributed by atoms with Crippen LogP contribution in [0.15, 0.2) is 49.0 Å². The Morgan fingerprint density at radius 1 is 1.17 bits per heavy atom. The maximum atomic E-state index is 12.4. The van der Waals surface area contributed by atoms with Gasteiger partial charge in [0.15, 0.2) is 18.7 Å². The van der Waals surface area contributed by atoms with Crippen LogP contribution < -0.4 is 4.57 Å². The van der Waals surface area contributed by atoms with Crippen molar-refractivity contribution in [2.45, 2.75) is 37.0 Å². The highest BCUT2D eigenvalue weighted by molar-refractivity contribution is 5.90. The van der Waals surface area contributed by atoms with Gasteiger partial charge in [-0.2, -0.15) is 0 Å². The van der Waals surface area contributed by atoms with Gasteiger partial charge in [0.05, 0.1) is 31.5 Å². The molecular formula is C24H30NO11+. The van der Waals surface area contributed by atoms with Crippen molar-refractivity contribution in [3.63, 3.8) is 0 Å². The summed E-state index contributed by atoms with van der Waals surface area (Å²) in [7, 11) is 2.88. The number of hydrogen-bond acceptors (Lipinski definition) is 10. The monoisotopic (exact) mass is 508 g/mol. The van der Waals surface area contributed by atoms with Crippen molar-refractivity contribution in [2.75, 3.05) is 13.7 Å². The number of pyridine rings is 1. The summed E-state index contributed by atoms with van der Waals surface area (Å²) in [6.45, 7) is 3.16. The lowest BCUT2D eigenvalue weighted by Gasteiger charge is -2.42. The van der Waals surface area contributed by atoms with Crippen molar-refractivity contribution in [3.05, 3.63) is 60.2 Å². The number of aromatic carboxylic acids is 1. The maximum absolute atomic E-state index is 12.4. The first-order valence-electron chi connectivity index (χ1n) is 11.1. The molecule has 3 heterocycles. The average Bonchev–Trinajstić information content (AvgIpc) is 2.86. The highest BCUT2D eigenvalue weighted by Crippen LogP contribution is 2.36. The van der Waals surface area contributed by atoms with E-state index in [2.05, 4.69) is 6.58 Å². The first-order chi connectivity index (χ1) is 17.1. The number of allylic oxidation sites excluding steroid dienone is 1. The van der Waals surface area contributed by atoms with Crippen LogP contribution in [0.4, 0.5) is 0 Å². The second-order valence-electron chi connectivity index (χ2n) is 8.43. The van der Waals surface area contributed by atoms with Crippen LogP contribution in [0.5, 0.6) is 0 Å². The van der Waals surface area contributed by atoms with Crippen LogP contribution in [0.3, 0.4) is 0 Å². The van der Waals surface area contributed by atoms with E-state index in [0.717, 1.165) is 6.26 Å². The summed E-state index contributed by atoms with van der Waals surface area (Å²) in [5, 5.41) is 49.1. The zero-order valence-electron chi connectivity index (χ0n) is 19.7. The Morgan fingerprint density at radius 2 is 1.89 bits per heavy atom. The van der Waals surface area contributed by atoms with Gasteiger partial charge in [-0.3, -0.25) is 0 Å². The van der Waals surface area contributed by atoms with Crippen LogP contribution in [0, 0.1) is 11.8 Å². The number of methoxy groups -OCH3 is 1. The molecule has 0 spiro atoms. The third-order valence-electron chi connectivity index (χ3n) is 5.99. The number of aliphatic hydroxyl groups is 4.